The molecule has 0 saturated heterocycles. The number of hydrogen-bond acceptors (Lipinski definition) is 4. The van der Waals surface area contributed by atoms with Gasteiger partial charge in [-0.2, -0.15) is 4.68 Å². The molecule has 0 aliphatic rings. The first kappa shape index (κ1) is 11.5. The molecule has 0 radical (unpaired) electrons. The normalized spacial score (nSPS) is 10.9. The van der Waals surface area contributed by atoms with E-state index in [0.717, 1.165) is 16.2 Å². The number of hydrogen-bond donors (Lipinski definition) is 1. The summed E-state index contributed by atoms with van der Waals surface area (Å²) < 4.78 is 2.39. The van der Waals surface area contributed by atoms with Crippen molar-refractivity contribution in [2.75, 3.05) is 0 Å². The van der Waals surface area contributed by atoms with Gasteiger partial charge in [-0.3, -0.25) is 0 Å². The maximum atomic E-state index is 10.4. The molecule has 0 spiro atoms. The molecule has 0 aliphatic heterocycles. The van der Waals surface area contributed by atoms with Crippen LogP contribution < -0.4 is 0 Å². The zero-order chi connectivity index (χ0) is 12.3. The third kappa shape index (κ3) is 2.76. The van der Waals surface area contributed by atoms with E-state index in [2.05, 4.69) is 31.5 Å². The second-order valence-electron chi connectivity index (χ2n) is 3.10. The molecule has 7 heteroatoms. The van der Waals surface area contributed by atoms with Crippen LogP contribution in [0.1, 0.15) is 5.82 Å². The highest BCUT2D eigenvalue weighted by Gasteiger charge is 2.05. The summed E-state index contributed by atoms with van der Waals surface area (Å²) in [6.45, 7) is 0. The van der Waals surface area contributed by atoms with E-state index in [1.165, 1.54) is 10.8 Å². The molecule has 0 saturated carbocycles. The predicted octanol–water partition coefficient (Wildman–Crippen LogP) is 1.52. The lowest BCUT2D eigenvalue weighted by molar-refractivity contribution is -0.131. The van der Waals surface area contributed by atoms with E-state index >= 15 is 0 Å². The van der Waals surface area contributed by atoms with E-state index in [1.54, 1.807) is 0 Å². The van der Waals surface area contributed by atoms with E-state index < -0.39 is 5.97 Å². The Balaban J connectivity index is 2.36. The van der Waals surface area contributed by atoms with E-state index in [-0.39, 0.29) is 0 Å². The smallest absolute Gasteiger partial charge is 0.328 e. The first-order chi connectivity index (χ1) is 8.16. The largest absolute Gasteiger partial charge is 0.478 e. The summed E-state index contributed by atoms with van der Waals surface area (Å²) in [4.78, 5) is 10.4. The minimum atomic E-state index is -1.05. The summed E-state index contributed by atoms with van der Waals surface area (Å²) in [5, 5.41) is 19.6. The van der Waals surface area contributed by atoms with Gasteiger partial charge in [-0.05, 0) is 40.8 Å². The Hall–Kier alpha value is -2.02. The number of nitrogens with zero attached hydrogens (tertiary/aromatic N) is 4. The quantitative estimate of drug-likeness (QED) is 0.868. The highest BCUT2D eigenvalue weighted by Crippen LogP contribution is 2.14. The van der Waals surface area contributed by atoms with Gasteiger partial charge < -0.3 is 5.11 Å². The number of tetrazole rings is 1. The first-order valence-corrected chi connectivity index (χ1v) is 5.41. The number of aliphatic carboxylic acids is 1. The molecule has 2 aromatic rings. The predicted molar refractivity (Wildman–Crippen MR) is 63.5 cm³/mol. The summed E-state index contributed by atoms with van der Waals surface area (Å²) in [7, 11) is 0. The Morgan fingerprint density at radius 2 is 2.06 bits per heavy atom. The van der Waals surface area contributed by atoms with Crippen molar-refractivity contribution in [3.63, 3.8) is 0 Å². The van der Waals surface area contributed by atoms with Gasteiger partial charge in [0.1, 0.15) is 0 Å². The summed E-state index contributed by atoms with van der Waals surface area (Å²) in [6.07, 6.45) is 2.32. The van der Waals surface area contributed by atoms with Crippen molar-refractivity contribution in [3.05, 3.63) is 40.6 Å². The minimum Gasteiger partial charge on any atom is -0.478 e. The van der Waals surface area contributed by atoms with E-state index in [1.807, 2.05) is 24.3 Å². The lowest BCUT2D eigenvalue weighted by Gasteiger charge is -2.01. The van der Waals surface area contributed by atoms with E-state index in [0.29, 0.717) is 5.82 Å². The van der Waals surface area contributed by atoms with Gasteiger partial charge in [0.05, 0.1) is 5.69 Å². The lowest BCUT2D eigenvalue weighted by Crippen LogP contribution is -1.99. The van der Waals surface area contributed by atoms with Crippen LogP contribution >= 0.6 is 15.9 Å². The molecule has 2 rings (SSSR count). The second-order valence-corrected chi connectivity index (χ2v) is 4.01. The molecule has 1 aromatic heterocycles. The molecule has 86 valence electrons. The molecule has 0 aliphatic carbocycles. The molecule has 6 nitrogen and oxygen atoms in total. The van der Waals surface area contributed by atoms with Crippen LogP contribution in [0.5, 0.6) is 0 Å². The van der Waals surface area contributed by atoms with Crippen molar-refractivity contribution in [2.45, 2.75) is 0 Å². The number of rotatable bonds is 3. The highest BCUT2D eigenvalue weighted by atomic mass is 79.9. The summed E-state index contributed by atoms with van der Waals surface area (Å²) >= 11 is 3.32. The molecule has 0 bridgehead atoms. The average molecular weight is 295 g/mol. The number of halogens is 1. The number of carboxylic acid groups (broad SMARTS) is 1. The molecule has 1 heterocycles. The van der Waals surface area contributed by atoms with Crippen LogP contribution in [0.3, 0.4) is 0 Å². The fourth-order valence-electron chi connectivity index (χ4n) is 1.21. The van der Waals surface area contributed by atoms with Crippen LogP contribution in [0.4, 0.5) is 0 Å². The molecule has 1 aromatic carbocycles. The molecule has 1 N–H and O–H groups in total. The van der Waals surface area contributed by atoms with Crippen LogP contribution in [-0.4, -0.2) is 31.3 Å². The van der Waals surface area contributed by atoms with Gasteiger partial charge in [0.25, 0.3) is 0 Å². The van der Waals surface area contributed by atoms with Crippen molar-refractivity contribution >= 4 is 28.0 Å². The average Bonchev–Trinajstić information content (AvgIpc) is 2.75. The number of carbonyl (C=O) groups is 1. The van der Waals surface area contributed by atoms with Crippen molar-refractivity contribution in [3.8, 4) is 5.69 Å². The third-order valence-electron chi connectivity index (χ3n) is 1.94. The third-order valence-corrected chi connectivity index (χ3v) is 2.47. The summed E-state index contributed by atoms with van der Waals surface area (Å²) in [6, 6.07) is 7.33. The van der Waals surface area contributed by atoms with Crippen LogP contribution in [0.15, 0.2) is 34.8 Å². The molecule has 0 unspecified atom stereocenters. The summed E-state index contributed by atoms with van der Waals surface area (Å²) in [5.41, 5.74) is 0.753. The number of aromatic nitrogens is 4. The topological polar surface area (TPSA) is 80.9 Å². The molecule has 0 atom stereocenters. The zero-order valence-corrected chi connectivity index (χ0v) is 10.1. The maximum absolute atomic E-state index is 10.4. The summed E-state index contributed by atoms with van der Waals surface area (Å²) in [5.74, 6) is -0.690. The van der Waals surface area contributed by atoms with Gasteiger partial charge >= 0.3 is 5.97 Å². The van der Waals surface area contributed by atoms with Crippen molar-refractivity contribution < 1.29 is 9.90 Å². The SMILES string of the molecule is O=C(O)/C=C/c1nnnn1-c1ccc(Br)cc1. The molecular weight excluding hydrogens is 288 g/mol. The van der Waals surface area contributed by atoms with Crippen molar-refractivity contribution in [1.82, 2.24) is 20.2 Å². The Bertz CT molecular complexity index is 562. The first-order valence-electron chi connectivity index (χ1n) is 4.62. The van der Waals surface area contributed by atoms with Crippen molar-refractivity contribution in [1.29, 1.82) is 0 Å². The molecular formula is C10H7BrN4O2. The minimum absolute atomic E-state index is 0.356. The maximum Gasteiger partial charge on any atom is 0.328 e. The van der Waals surface area contributed by atoms with Gasteiger partial charge in [0, 0.05) is 10.5 Å². The number of benzene rings is 1. The monoisotopic (exact) mass is 294 g/mol. The van der Waals surface area contributed by atoms with Crippen LogP contribution in [0, 0.1) is 0 Å². The number of carboxylic acids is 1. The molecule has 0 fully saturated rings. The highest BCUT2D eigenvalue weighted by molar-refractivity contribution is 9.10. The van der Waals surface area contributed by atoms with Gasteiger partial charge in [0.2, 0.25) is 0 Å². The standard InChI is InChI=1S/C10H7BrN4O2/c11-7-1-3-8(4-2-7)15-9(12-13-14-15)5-6-10(16)17/h1-6H,(H,16,17)/b6-5+. The van der Waals surface area contributed by atoms with Gasteiger partial charge in [-0.1, -0.05) is 15.9 Å². The van der Waals surface area contributed by atoms with Crippen LogP contribution in [0.25, 0.3) is 11.8 Å². The Kier molecular flexibility index (Phi) is 3.29. The zero-order valence-electron chi connectivity index (χ0n) is 8.49. The fourth-order valence-corrected chi connectivity index (χ4v) is 1.47. The van der Waals surface area contributed by atoms with E-state index in [4.69, 9.17) is 5.11 Å². The Morgan fingerprint density at radius 3 is 2.71 bits per heavy atom. The van der Waals surface area contributed by atoms with Gasteiger partial charge in [0.15, 0.2) is 5.82 Å². The Labute approximate surface area is 105 Å². The van der Waals surface area contributed by atoms with Crippen LogP contribution in [0.2, 0.25) is 0 Å². The lowest BCUT2D eigenvalue weighted by atomic mass is 10.3. The second kappa shape index (κ2) is 4.88. The van der Waals surface area contributed by atoms with Gasteiger partial charge in [-0.25, -0.2) is 4.79 Å². The molecule has 17 heavy (non-hydrogen) atoms. The molecule has 0 amide bonds. The Morgan fingerprint density at radius 1 is 1.35 bits per heavy atom. The van der Waals surface area contributed by atoms with E-state index in [9.17, 15) is 4.79 Å². The van der Waals surface area contributed by atoms with Gasteiger partial charge in [-0.15, -0.1) is 5.10 Å². The fraction of sp³-hybridized carbons (Fsp3) is 0. The van der Waals surface area contributed by atoms with Crippen LogP contribution in [-0.2, 0) is 4.79 Å². The van der Waals surface area contributed by atoms with Crippen molar-refractivity contribution in [2.24, 2.45) is 0 Å².